The van der Waals surface area contributed by atoms with Crippen molar-refractivity contribution >= 4 is 5.78 Å². The third-order valence-corrected chi connectivity index (χ3v) is 8.73. The number of carbonyl (C=O) groups is 1. The fraction of sp³-hybridized carbons (Fsp3) is 0.947. The Morgan fingerprint density at radius 1 is 1.00 bits per heavy atom. The largest absolute Gasteiger partial charge is 0.357 e. The summed E-state index contributed by atoms with van der Waals surface area (Å²) < 4.78 is 6.12. The first-order valence-electron chi connectivity index (χ1n) is 9.21. The van der Waals surface area contributed by atoms with Crippen molar-refractivity contribution in [1.29, 1.82) is 0 Å². The van der Waals surface area contributed by atoms with Gasteiger partial charge in [0, 0.05) is 11.8 Å². The van der Waals surface area contributed by atoms with Crippen LogP contribution in [-0.4, -0.2) is 17.5 Å². The lowest BCUT2D eigenvalue weighted by molar-refractivity contribution is -0.129. The molecule has 4 aliphatic carbocycles. The summed E-state index contributed by atoms with van der Waals surface area (Å²) >= 11 is 0. The molecule has 2 nitrogen and oxygen atoms in total. The van der Waals surface area contributed by atoms with Gasteiger partial charge in [-0.25, -0.2) is 0 Å². The van der Waals surface area contributed by atoms with E-state index in [1.807, 2.05) is 0 Å². The monoisotopic (exact) mass is 288 g/mol. The van der Waals surface area contributed by atoms with Gasteiger partial charge in [-0.05, 0) is 68.1 Å². The molecule has 7 atom stereocenters. The molecule has 116 valence electrons. The van der Waals surface area contributed by atoms with Gasteiger partial charge in [0.2, 0.25) is 0 Å². The number of hydrogen-bond donors (Lipinski definition) is 0. The van der Waals surface area contributed by atoms with Crippen LogP contribution in [0.1, 0.15) is 71.6 Å². The van der Waals surface area contributed by atoms with Crippen LogP contribution in [0.25, 0.3) is 0 Å². The Morgan fingerprint density at radius 2 is 1.86 bits per heavy atom. The molecule has 0 aromatic carbocycles. The summed E-state index contributed by atoms with van der Waals surface area (Å²) in [6, 6.07) is 0. The normalized spacial score (nSPS) is 61.5. The third kappa shape index (κ3) is 1.37. The molecule has 0 N–H and O–H groups in total. The van der Waals surface area contributed by atoms with Gasteiger partial charge in [-0.1, -0.05) is 20.3 Å². The van der Waals surface area contributed by atoms with Crippen LogP contribution in [-0.2, 0) is 9.53 Å². The predicted molar refractivity (Wildman–Crippen MR) is 80.8 cm³/mol. The van der Waals surface area contributed by atoms with Crippen LogP contribution in [0.5, 0.6) is 0 Å². The highest BCUT2D eigenvalue weighted by molar-refractivity contribution is 5.88. The number of epoxide rings is 1. The minimum atomic E-state index is -0.0319. The molecule has 21 heavy (non-hydrogen) atoms. The second-order valence-electron chi connectivity index (χ2n) is 9.27. The lowest BCUT2D eigenvalue weighted by Gasteiger charge is -2.58. The summed E-state index contributed by atoms with van der Waals surface area (Å²) in [6.45, 7) is 5.04. The van der Waals surface area contributed by atoms with Crippen molar-refractivity contribution in [2.75, 3.05) is 0 Å². The van der Waals surface area contributed by atoms with Gasteiger partial charge in [0.25, 0.3) is 0 Å². The van der Waals surface area contributed by atoms with E-state index in [-0.39, 0.29) is 11.7 Å². The molecular weight excluding hydrogens is 260 g/mol. The molecular formula is C19H28O2. The molecule has 1 heterocycles. The minimum absolute atomic E-state index is 0.0194. The van der Waals surface area contributed by atoms with Crippen LogP contribution in [0.2, 0.25) is 0 Å². The summed E-state index contributed by atoms with van der Waals surface area (Å²) in [4.78, 5) is 12.1. The molecule has 0 bridgehead atoms. The number of hydrogen-bond acceptors (Lipinski definition) is 2. The quantitative estimate of drug-likeness (QED) is 0.628. The highest BCUT2D eigenvalue weighted by Crippen LogP contribution is 2.72. The average Bonchev–Trinajstić information content (AvgIpc) is 3.08. The molecule has 5 rings (SSSR count). The van der Waals surface area contributed by atoms with Gasteiger partial charge < -0.3 is 4.74 Å². The highest BCUT2D eigenvalue weighted by atomic mass is 16.6. The van der Waals surface area contributed by atoms with Crippen LogP contribution in [0.15, 0.2) is 0 Å². The number of Topliss-reactive ketones (excluding diaryl/α,β-unsaturated/α-hetero) is 1. The molecule has 1 spiro atoms. The van der Waals surface area contributed by atoms with Crippen molar-refractivity contribution in [3.8, 4) is 0 Å². The summed E-state index contributed by atoms with van der Waals surface area (Å²) in [7, 11) is 0. The summed E-state index contributed by atoms with van der Waals surface area (Å²) in [5, 5.41) is 0. The van der Waals surface area contributed by atoms with E-state index in [0.717, 1.165) is 37.0 Å². The van der Waals surface area contributed by atoms with Crippen LogP contribution in [0.3, 0.4) is 0 Å². The predicted octanol–water partition coefficient (Wildman–Crippen LogP) is 4.12. The second-order valence-corrected chi connectivity index (χ2v) is 9.27. The van der Waals surface area contributed by atoms with Gasteiger partial charge in [0.15, 0.2) is 5.78 Å². The molecule has 0 amide bonds. The van der Waals surface area contributed by atoms with Gasteiger partial charge >= 0.3 is 0 Å². The van der Waals surface area contributed by atoms with E-state index in [2.05, 4.69) is 13.8 Å². The molecule has 1 saturated heterocycles. The minimum Gasteiger partial charge on any atom is -0.357 e. The fourth-order valence-electron chi connectivity index (χ4n) is 7.49. The summed E-state index contributed by atoms with van der Waals surface area (Å²) in [5.74, 6) is 3.09. The van der Waals surface area contributed by atoms with E-state index < -0.39 is 0 Å². The van der Waals surface area contributed by atoms with Gasteiger partial charge in [-0.15, -0.1) is 0 Å². The van der Waals surface area contributed by atoms with Gasteiger partial charge in [0.1, 0.15) is 11.7 Å². The van der Waals surface area contributed by atoms with Crippen LogP contribution < -0.4 is 0 Å². The van der Waals surface area contributed by atoms with E-state index >= 15 is 0 Å². The average molecular weight is 288 g/mol. The van der Waals surface area contributed by atoms with Crippen LogP contribution in [0.4, 0.5) is 0 Å². The van der Waals surface area contributed by atoms with Gasteiger partial charge in [-0.2, -0.15) is 0 Å². The van der Waals surface area contributed by atoms with Crippen molar-refractivity contribution in [3.05, 3.63) is 0 Å². The smallest absolute Gasteiger partial charge is 0.164 e. The van der Waals surface area contributed by atoms with E-state index in [1.54, 1.807) is 0 Å². The first-order valence-corrected chi connectivity index (χ1v) is 9.21. The standard InChI is InChI=1S/C19H28O2/c1-17-8-3-4-13(17)12-5-11-19-16(21-19)15(20)7-10-18(19,2)14(12)6-9-17/h12-14,16H,3-11H2,1-2H3/t12-,13-,14+,16?,17-,18+,19?/m0/s1. The van der Waals surface area contributed by atoms with Crippen LogP contribution >= 0.6 is 0 Å². The van der Waals surface area contributed by atoms with Gasteiger partial charge in [-0.3, -0.25) is 4.79 Å². The molecule has 1 aliphatic heterocycles. The highest BCUT2D eigenvalue weighted by Gasteiger charge is 2.76. The van der Waals surface area contributed by atoms with E-state index in [4.69, 9.17) is 4.74 Å². The number of ether oxygens (including phenoxy) is 1. The Hall–Kier alpha value is -0.370. The van der Waals surface area contributed by atoms with E-state index in [9.17, 15) is 4.79 Å². The van der Waals surface area contributed by atoms with Crippen molar-refractivity contribution in [3.63, 3.8) is 0 Å². The molecule has 2 heteroatoms. The maximum absolute atomic E-state index is 12.1. The molecule has 0 aromatic heterocycles. The zero-order valence-electron chi connectivity index (χ0n) is 13.5. The number of rotatable bonds is 0. The maximum atomic E-state index is 12.1. The molecule has 5 aliphatic rings. The Balaban J connectivity index is 1.52. The van der Waals surface area contributed by atoms with Crippen molar-refractivity contribution in [2.24, 2.45) is 28.6 Å². The topological polar surface area (TPSA) is 29.6 Å². The van der Waals surface area contributed by atoms with E-state index in [1.165, 1.54) is 38.5 Å². The molecule has 0 aromatic rings. The van der Waals surface area contributed by atoms with E-state index in [0.29, 0.717) is 16.6 Å². The summed E-state index contributed by atoms with van der Waals surface area (Å²) in [6.07, 6.45) is 11.5. The number of fused-ring (bicyclic) bond motifs is 4. The number of ketones is 1. The Bertz CT molecular complexity index is 514. The first kappa shape index (κ1) is 13.1. The first-order chi connectivity index (χ1) is 10.0. The zero-order chi connectivity index (χ0) is 14.5. The Morgan fingerprint density at radius 3 is 2.71 bits per heavy atom. The van der Waals surface area contributed by atoms with Crippen molar-refractivity contribution < 1.29 is 9.53 Å². The second kappa shape index (κ2) is 3.75. The van der Waals surface area contributed by atoms with Gasteiger partial charge in [0.05, 0.1) is 0 Å². The van der Waals surface area contributed by atoms with Crippen LogP contribution in [0, 0.1) is 28.6 Å². The zero-order valence-corrected chi connectivity index (χ0v) is 13.5. The van der Waals surface area contributed by atoms with Crippen molar-refractivity contribution in [1.82, 2.24) is 0 Å². The lowest BCUT2D eigenvalue weighted by Crippen LogP contribution is -2.57. The molecule has 4 saturated carbocycles. The Labute approximate surface area is 128 Å². The Kier molecular flexibility index (Phi) is 2.34. The third-order valence-electron chi connectivity index (χ3n) is 8.73. The number of carbonyl (C=O) groups excluding carboxylic acids is 1. The fourth-order valence-corrected chi connectivity index (χ4v) is 7.49. The lowest BCUT2D eigenvalue weighted by atomic mass is 9.45. The maximum Gasteiger partial charge on any atom is 0.164 e. The molecule has 2 unspecified atom stereocenters. The summed E-state index contributed by atoms with van der Waals surface area (Å²) in [5.41, 5.74) is 0.893. The van der Waals surface area contributed by atoms with Crippen molar-refractivity contribution in [2.45, 2.75) is 83.3 Å². The molecule has 0 radical (unpaired) electrons. The SMILES string of the molecule is C[C@@]12CCC[C@H]1[C@@H]1CCC34OC3C(=O)CC[C@]4(C)[C@@H]1CC2. The molecule has 5 fully saturated rings.